The molecule has 12 nitrogen and oxygen atoms in total. The molecule has 0 aromatic heterocycles. The summed E-state index contributed by atoms with van der Waals surface area (Å²) in [6.45, 7) is 25.5. The van der Waals surface area contributed by atoms with Crippen LogP contribution < -0.4 is 15.4 Å². The molecule has 498 valence electrons. The van der Waals surface area contributed by atoms with Crippen molar-refractivity contribution in [1.29, 1.82) is 0 Å². The summed E-state index contributed by atoms with van der Waals surface area (Å²) in [6.07, 6.45) is 18.5. The fourth-order valence-electron chi connectivity index (χ4n) is 9.65. The number of unbranched alkanes of at least 4 members (excludes halogenated alkanes) is 1. The number of carboxylic acid groups (broad SMARTS) is 1. The topological polar surface area (TPSA) is 178 Å². The van der Waals surface area contributed by atoms with Gasteiger partial charge in [-0.3, -0.25) is 19.2 Å². The van der Waals surface area contributed by atoms with Crippen LogP contribution in [0.5, 0.6) is 5.75 Å². The summed E-state index contributed by atoms with van der Waals surface area (Å²) in [7, 11) is 2.73. The van der Waals surface area contributed by atoms with E-state index in [2.05, 4.69) is 77.3 Å². The number of hydrogen-bond acceptors (Lipinski definition) is 9. The Morgan fingerprint density at radius 2 is 1.08 bits per heavy atom. The SMILES string of the molecule is C.C.C1CCC1.C1CCC1.C1CCC1.CC.CC.CCC1C(C)CC(C)C1C.CCOC(=O)/C=C/c1ccc(C(=O)Cc2ccc(OCCCCC(F)(F)F)cc2)cc1.CNC(=O)C1C(OCO)C(C(=O)NC)C1C(=O)O.Cc1cc(C)cc(C)c1.[Y].[Y]. The molecule has 88 heavy (non-hydrogen) atoms. The molecule has 0 spiro atoms. The Bertz CT molecular complexity index is 2180. The van der Waals surface area contributed by atoms with E-state index in [1.54, 1.807) is 61.5 Å². The molecule has 5 aliphatic rings. The molecule has 17 heteroatoms. The van der Waals surface area contributed by atoms with E-state index in [9.17, 15) is 37.1 Å². The summed E-state index contributed by atoms with van der Waals surface area (Å²) in [5.41, 5.74) is 6.20. The minimum absolute atomic E-state index is 0. The standard InChI is InChI=1S/C24H25F3O4.C10H16N2O6.C10H20.C9H12.3C4H8.2C2H6.2CH4.2Y/c1-2-30-23(29)14-9-18-5-10-20(11-6-18)22(28)17-19-7-12-21(13-8-19)31-16-4-3-15-24(25,26)27;1-11-8(14)5-4(10(16)17)6(9(15)12-2)7(5)18-3-13;1-5-10-8(3)6-7(2)9(10)4;1-7-4-8(2)6-9(3)5-7;3*1-2-4-3-1;2*1-2;;;;/h5-14H,2-4,15-17H2,1H3;4-7,13H,3H2,1-2H3,(H,11,14)(H,12,15)(H,16,17);7-10H,5-6H2,1-4H3;4-6H,1-3H3;3*1-4H2;2*1-2H3;2*1H4;;/b14-9+;;;;;;;;;;;;. The third-order valence-electron chi connectivity index (χ3n) is 15.4. The molecule has 0 heterocycles. The van der Waals surface area contributed by atoms with Gasteiger partial charge in [-0.2, -0.15) is 13.2 Å². The van der Waals surface area contributed by atoms with Crippen molar-refractivity contribution in [3.8, 4) is 5.75 Å². The van der Waals surface area contributed by atoms with E-state index in [4.69, 9.17) is 24.4 Å². The first-order valence-corrected chi connectivity index (χ1v) is 31.3. The summed E-state index contributed by atoms with van der Waals surface area (Å²) < 4.78 is 51.5. The van der Waals surface area contributed by atoms with Gasteiger partial charge in [-0.1, -0.05) is 225 Å². The van der Waals surface area contributed by atoms with Gasteiger partial charge in [-0.25, -0.2) is 4.79 Å². The van der Waals surface area contributed by atoms with E-state index >= 15 is 0 Å². The minimum Gasteiger partial charge on any atom is -0.494 e. The Morgan fingerprint density at radius 1 is 0.648 bits per heavy atom. The van der Waals surface area contributed by atoms with Crippen molar-refractivity contribution in [3.05, 3.63) is 106 Å². The Balaban J connectivity index is -0.000000339. The summed E-state index contributed by atoms with van der Waals surface area (Å²) in [4.78, 5) is 58.1. The van der Waals surface area contributed by atoms with Crippen LogP contribution in [0, 0.1) is 62.2 Å². The van der Waals surface area contributed by atoms with Gasteiger partial charge in [-0.05, 0) is 100.0 Å². The van der Waals surface area contributed by atoms with Crippen molar-refractivity contribution < 1.29 is 127 Å². The zero-order valence-electron chi connectivity index (χ0n) is 54.9. The Labute approximate surface area is 581 Å². The number of ketones is 1. The number of carbonyl (C=O) groups excluding carboxylic acids is 4. The molecule has 3 aromatic carbocycles. The zero-order chi connectivity index (χ0) is 63.6. The number of nitrogens with one attached hydrogen (secondary N) is 2. The van der Waals surface area contributed by atoms with Gasteiger partial charge in [0, 0.05) is 104 Å². The monoisotopic (exact) mass is 1390 g/mol. The van der Waals surface area contributed by atoms with E-state index in [0.29, 0.717) is 24.3 Å². The molecule has 5 aliphatic carbocycles. The fraction of sp³-hybridized carbons (Fsp3) is 0.648. The van der Waals surface area contributed by atoms with Crippen LogP contribution in [-0.2, 0) is 100 Å². The molecule has 5 saturated carbocycles. The second kappa shape index (κ2) is 55.3. The van der Waals surface area contributed by atoms with Crippen molar-refractivity contribution in [2.24, 2.45) is 41.4 Å². The van der Waals surface area contributed by atoms with Gasteiger partial charge in [-0.15, -0.1) is 0 Å². The maximum atomic E-state index is 12.5. The number of aryl methyl sites for hydroxylation is 3. The van der Waals surface area contributed by atoms with Gasteiger partial charge < -0.3 is 35.1 Å². The molecule has 2 radical (unpaired) electrons. The van der Waals surface area contributed by atoms with Gasteiger partial charge >= 0.3 is 18.1 Å². The number of amides is 2. The van der Waals surface area contributed by atoms with Crippen LogP contribution in [-0.4, -0.2) is 86.1 Å². The van der Waals surface area contributed by atoms with Gasteiger partial charge in [0.05, 0.1) is 37.1 Å². The molecule has 5 fully saturated rings. The average molecular weight is 1390 g/mol. The van der Waals surface area contributed by atoms with Crippen LogP contribution in [0.15, 0.2) is 72.8 Å². The Hall–Kier alpha value is -3.33. The normalized spacial score (nSPS) is 20.1. The third kappa shape index (κ3) is 39.2. The molecule has 4 N–H and O–H groups in total. The first kappa shape index (κ1) is 93.4. The van der Waals surface area contributed by atoms with E-state index in [1.165, 1.54) is 127 Å². The molecular weight excluding hydrogens is 1280 g/mol. The number of aliphatic hydroxyl groups excluding tert-OH is 1. The molecule has 2 amide bonds. The second-order valence-corrected chi connectivity index (χ2v) is 21.8. The van der Waals surface area contributed by atoms with Crippen LogP contribution in [0.2, 0.25) is 0 Å². The molecule has 0 aliphatic heterocycles. The van der Waals surface area contributed by atoms with E-state index in [-0.39, 0.29) is 106 Å². The number of ether oxygens (including phenoxy) is 3. The number of Topliss-reactive ketones (excluding diaryl/α,β-unsaturated/α-hetero) is 1. The maximum Gasteiger partial charge on any atom is 0.389 e. The summed E-state index contributed by atoms with van der Waals surface area (Å²) in [6, 6.07) is 20.4. The average Bonchev–Trinajstić information content (AvgIpc) is 3.65. The maximum absolute atomic E-state index is 12.5. The van der Waals surface area contributed by atoms with Crippen LogP contribution >= 0.6 is 0 Å². The summed E-state index contributed by atoms with van der Waals surface area (Å²) in [5, 5.41) is 22.5. The van der Waals surface area contributed by atoms with Gasteiger partial charge in [0.2, 0.25) is 11.8 Å². The Kier molecular flexibility index (Phi) is 58.7. The first-order chi connectivity index (χ1) is 40.1. The predicted octanol–water partition coefficient (Wildman–Crippen LogP) is 17.5. The summed E-state index contributed by atoms with van der Waals surface area (Å²) in [5.74, 6) is -1.40. The number of rotatable bonds is 17. The second-order valence-electron chi connectivity index (χ2n) is 21.8. The van der Waals surface area contributed by atoms with Crippen molar-refractivity contribution >= 4 is 35.6 Å². The van der Waals surface area contributed by atoms with Gasteiger partial charge in [0.15, 0.2) is 5.78 Å². The number of benzene rings is 3. The molecule has 0 saturated heterocycles. The number of aliphatic hydroxyl groups is 1. The minimum atomic E-state index is -4.13. The van der Waals surface area contributed by atoms with Gasteiger partial charge in [0.1, 0.15) is 12.5 Å². The van der Waals surface area contributed by atoms with Crippen molar-refractivity contribution in [2.45, 2.75) is 226 Å². The largest absolute Gasteiger partial charge is 0.494 e. The Morgan fingerprint density at radius 3 is 1.40 bits per heavy atom. The van der Waals surface area contributed by atoms with E-state index in [0.717, 1.165) is 34.8 Å². The number of alkyl halides is 3. The number of aliphatic carboxylic acids is 1. The third-order valence-corrected chi connectivity index (χ3v) is 15.4. The molecule has 6 atom stereocenters. The summed E-state index contributed by atoms with van der Waals surface area (Å²) >= 11 is 0. The van der Waals surface area contributed by atoms with E-state index in [1.807, 2.05) is 27.7 Å². The predicted molar refractivity (Wildman–Crippen MR) is 348 cm³/mol. The number of carboxylic acids is 1. The van der Waals surface area contributed by atoms with Crippen LogP contribution in [0.3, 0.4) is 0 Å². The molecule has 6 unspecified atom stereocenters. The van der Waals surface area contributed by atoms with Crippen LogP contribution in [0.25, 0.3) is 6.08 Å². The fourth-order valence-corrected chi connectivity index (χ4v) is 9.65. The van der Waals surface area contributed by atoms with E-state index < -0.39 is 67.0 Å². The van der Waals surface area contributed by atoms with Crippen molar-refractivity contribution in [1.82, 2.24) is 10.6 Å². The van der Waals surface area contributed by atoms with Crippen LogP contribution in [0.4, 0.5) is 13.2 Å². The van der Waals surface area contributed by atoms with Crippen LogP contribution in [0.1, 0.15) is 224 Å². The quantitative estimate of drug-likeness (QED) is 0.0334. The molecule has 8 rings (SSSR count). The number of halogens is 3. The molecule has 0 bridgehead atoms. The smallest absolute Gasteiger partial charge is 0.389 e. The zero-order valence-corrected chi connectivity index (χ0v) is 60.6. The van der Waals surface area contributed by atoms with Gasteiger partial charge in [0.25, 0.3) is 0 Å². The molecule has 3 aromatic rings. The van der Waals surface area contributed by atoms with Crippen molar-refractivity contribution in [2.75, 3.05) is 34.1 Å². The number of esters is 1. The number of hydrogen-bond donors (Lipinski definition) is 4. The molecular formula is C71H117F3N2O10Y2. The van der Waals surface area contributed by atoms with Crippen molar-refractivity contribution in [3.63, 3.8) is 0 Å². The first-order valence-electron chi connectivity index (χ1n) is 31.3. The number of carbonyl (C=O) groups is 5.